The first-order valence-electron chi connectivity index (χ1n) is 9.68. The van der Waals surface area contributed by atoms with Gasteiger partial charge < -0.3 is 14.8 Å². The van der Waals surface area contributed by atoms with Crippen LogP contribution in [0.1, 0.15) is 48.4 Å². The van der Waals surface area contributed by atoms with E-state index in [0.717, 1.165) is 50.3 Å². The molecule has 2 heterocycles. The fraction of sp³-hybridized carbons (Fsp3) is 0.524. The highest BCUT2D eigenvalue weighted by Gasteiger charge is 2.24. The summed E-state index contributed by atoms with van der Waals surface area (Å²) in [6.45, 7) is 8.98. The molecule has 1 aromatic heterocycles. The van der Waals surface area contributed by atoms with Crippen molar-refractivity contribution in [1.29, 1.82) is 0 Å². The number of benzene rings is 1. The molecule has 5 nitrogen and oxygen atoms in total. The molecule has 0 spiro atoms. The third-order valence-electron chi connectivity index (χ3n) is 5.19. The number of hydrogen-bond donors (Lipinski definition) is 1. The number of nitrogens with one attached hydrogen (secondary N) is 1. The highest BCUT2D eigenvalue weighted by atomic mass is 16.2. The second-order valence-electron chi connectivity index (χ2n) is 7.35. The molecule has 5 heteroatoms. The van der Waals surface area contributed by atoms with Crippen LogP contribution in [0, 0.1) is 6.92 Å². The summed E-state index contributed by atoms with van der Waals surface area (Å²) in [5, 5.41) is 3.73. The fourth-order valence-electron chi connectivity index (χ4n) is 3.70. The molecular formula is C21H30N4O. The van der Waals surface area contributed by atoms with Crippen molar-refractivity contribution in [1.82, 2.24) is 19.8 Å². The van der Waals surface area contributed by atoms with Crippen LogP contribution in [-0.4, -0.2) is 45.5 Å². The first-order chi connectivity index (χ1) is 12.6. The van der Waals surface area contributed by atoms with Crippen molar-refractivity contribution in [2.45, 2.75) is 58.7 Å². The molecule has 0 bridgehead atoms. The zero-order valence-corrected chi connectivity index (χ0v) is 16.1. The summed E-state index contributed by atoms with van der Waals surface area (Å²) in [4.78, 5) is 19.0. The molecule has 1 amide bonds. The van der Waals surface area contributed by atoms with Gasteiger partial charge in [-0.25, -0.2) is 4.98 Å². The van der Waals surface area contributed by atoms with Crippen LogP contribution < -0.4 is 5.32 Å². The summed E-state index contributed by atoms with van der Waals surface area (Å²) >= 11 is 0. The van der Waals surface area contributed by atoms with E-state index in [1.807, 2.05) is 42.3 Å². The number of carbonyl (C=O) groups is 1. The monoisotopic (exact) mass is 354 g/mol. The molecule has 0 aliphatic carbocycles. The smallest absolute Gasteiger partial charge is 0.253 e. The van der Waals surface area contributed by atoms with E-state index in [1.54, 1.807) is 0 Å². The van der Waals surface area contributed by atoms with Crippen LogP contribution in [0.3, 0.4) is 0 Å². The van der Waals surface area contributed by atoms with Gasteiger partial charge in [-0.05, 0) is 38.8 Å². The van der Waals surface area contributed by atoms with Gasteiger partial charge in [-0.1, -0.05) is 24.6 Å². The molecule has 26 heavy (non-hydrogen) atoms. The Hall–Kier alpha value is -2.14. The Kier molecular flexibility index (Phi) is 6.09. The average molecular weight is 354 g/mol. The standard InChI is InChI=1S/C21H30N4O/c1-4-20-22-11-14-25(20)15-17(3)23-19-9-12-24(13-10-19)21(26)18-7-5-16(2)6-8-18/h5-8,11,14,17,19,23H,4,9-10,12-13,15H2,1-3H3/t17-/m1/s1. The van der Waals surface area contributed by atoms with Crippen LogP contribution in [0.25, 0.3) is 0 Å². The van der Waals surface area contributed by atoms with Crippen LogP contribution in [-0.2, 0) is 13.0 Å². The Balaban J connectivity index is 1.47. The summed E-state index contributed by atoms with van der Waals surface area (Å²) in [7, 11) is 0. The fourth-order valence-corrected chi connectivity index (χ4v) is 3.70. The van der Waals surface area contributed by atoms with Crippen molar-refractivity contribution in [2.75, 3.05) is 13.1 Å². The van der Waals surface area contributed by atoms with Crippen molar-refractivity contribution in [3.05, 3.63) is 53.6 Å². The molecule has 1 aromatic carbocycles. The van der Waals surface area contributed by atoms with E-state index in [9.17, 15) is 4.79 Å². The van der Waals surface area contributed by atoms with E-state index in [0.29, 0.717) is 12.1 Å². The number of aryl methyl sites for hydroxylation is 2. The number of nitrogens with zero attached hydrogens (tertiary/aromatic N) is 3. The molecule has 0 unspecified atom stereocenters. The van der Waals surface area contributed by atoms with Crippen molar-refractivity contribution in [3.63, 3.8) is 0 Å². The molecule has 0 saturated carbocycles. The quantitative estimate of drug-likeness (QED) is 0.867. The number of hydrogen-bond acceptors (Lipinski definition) is 3. The Bertz CT molecular complexity index is 714. The Morgan fingerprint density at radius 1 is 1.27 bits per heavy atom. The van der Waals surface area contributed by atoms with Gasteiger partial charge in [-0.3, -0.25) is 4.79 Å². The average Bonchev–Trinajstić information content (AvgIpc) is 3.09. The summed E-state index contributed by atoms with van der Waals surface area (Å²) in [5.74, 6) is 1.29. The number of rotatable bonds is 6. The lowest BCUT2D eigenvalue weighted by Crippen LogP contribution is -2.48. The maximum Gasteiger partial charge on any atom is 0.253 e. The molecule has 140 valence electrons. The number of carbonyl (C=O) groups excluding carboxylic acids is 1. The first kappa shape index (κ1) is 18.6. The van der Waals surface area contributed by atoms with Crippen LogP contribution >= 0.6 is 0 Å². The van der Waals surface area contributed by atoms with Gasteiger partial charge in [0, 0.05) is 56.1 Å². The zero-order valence-electron chi connectivity index (χ0n) is 16.1. The van der Waals surface area contributed by atoms with Crippen molar-refractivity contribution < 1.29 is 4.79 Å². The lowest BCUT2D eigenvalue weighted by molar-refractivity contribution is 0.0701. The molecule has 3 rings (SSSR count). The van der Waals surface area contributed by atoms with Gasteiger partial charge >= 0.3 is 0 Å². The van der Waals surface area contributed by atoms with Crippen LogP contribution in [0.5, 0.6) is 0 Å². The zero-order chi connectivity index (χ0) is 18.5. The number of aromatic nitrogens is 2. The Morgan fingerprint density at radius 3 is 2.62 bits per heavy atom. The van der Waals surface area contributed by atoms with Gasteiger partial charge in [-0.15, -0.1) is 0 Å². The SMILES string of the molecule is CCc1nccn1C[C@@H](C)NC1CCN(C(=O)c2ccc(C)cc2)CC1. The molecule has 2 aromatic rings. The number of piperidine rings is 1. The van der Waals surface area contributed by atoms with Gasteiger partial charge in [0.2, 0.25) is 0 Å². The third-order valence-corrected chi connectivity index (χ3v) is 5.19. The predicted octanol–water partition coefficient (Wildman–Crippen LogP) is 3.04. The summed E-state index contributed by atoms with van der Waals surface area (Å²) in [6.07, 6.45) is 6.90. The second-order valence-corrected chi connectivity index (χ2v) is 7.35. The Morgan fingerprint density at radius 2 is 1.96 bits per heavy atom. The van der Waals surface area contributed by atoms with Crippen molar-refractivity contribution >= 4 is 5.91 Å². The van der Waals surface area contributed by atoms with Crippen LogP contribution in [0.4, 0.5) is 0 Å². The predicted molar refractivity (Wildman–Crippen MR) is 104 cm³/mol. The molecule has 1 atom stereocenters. The summed E-state index contributed by atoms with van der Waals surface area (Å²) in [5.41, 5.74) is 1.98. The van der Waals surface area contributed by atoms with E-state index in [2.05, 4.69) is 34.9 Å². The minimum atomic E-state index is 0.155. The van der Waals surface area contributed by atoms with Gasteiger partial charge in [0.05, 0.1) is 0 Å². The minimum absolute atomic E-state index is 0.155. The van der Waals surface area contributed by atoms with E-state index in [1.165, 1.54) is 5.56 Å². The molecule has 1 aliphatic rings. The van der Waals surface area contributed by atoms with Crippen LogP contribution in [0.2, 0.25) is 0 Å². The maximum absolute atomic E-state index is 12.6. The number of amides is 1. The van der Waals surface area contributed by atoms with Crippen LogP contribution in [0.15, 0.2) is 36.7 Å². The largest absolute Gasteiger partial charge is 0.339 e. The van der Waals surface area contributed by atoms with E-state index in [-0.39, 0.29) is 5.91 Å². The molecule has 1 fully saturated rings. The van der Waals surface area contributed by atoms with Crippen molar-refractivity contribution in [2.24, 2.45) is 0 Å². The lowest BCUT2D eigenvalue weighted by atomic mass is 10.0. The van der Waals surface area contributed by atoms with E-state index < -0.39 is 0 Å². The number of imidazole rings is 1. The van der Waals surface area contributed by atoms with Gasteiger partial charge in [0.1, 0.15) is 5.82 Å². The van der Waals surface area contributed by atoms with E-state index in [4.69, 9.17) is 0 Å². The Labute approximate surface area is 156 Å². The van der Waals surface area contributed by atoms with Gasteiger partial charge in [-0.2, -0.15) is 0 Å². The van der Waals surface area contributed by atoms with E-state index >= 15 is 0 Å². The molecule has 1 N–H and O–H groups in total. The molecular weight excluding hydrogens is 324 g/mol. The third kappa shape index (κ3) is 4.52. The summed E-state index contributed by atoms with van der Waals surface area (Å²) < 4.78 is 2.23. The molecule has 1 aliphatic heterocycles. The molecule has 1 saturated heterocycles. The highest BCUT2D eigenvalue weighted by molar-refractivity contribution is 5.94. The maximum atomic E-state index is 12.6. The second kappa shape index (κ2) is 8.49. The van der Waals surface area contributed by atoms with Crippen molar-refractivity contribution in [3.8, 4) is 0 Å². The topological polar surface area (TPSA) is 50.2 Å². The summed E-state index contributed by atoms with van der Waals surface area (Å²) in [6, 6.07) is 8.73. The highest BCUT2D eigenvalue weighted by Crippen LogP contribution is 2.15. The normalized spacial score (nSPS) is 16.7. The minimum Gasteiger partial charge on any atom is -0.339 e. The first-order valence-corrected chi connectivity index (χ1v) is 9.68. The molecule has 0 radical (unpaired) electrons. The van der Waals surface area contributed by atoms with Gasteiger partial charge in [0.15, 0.2) is 0 Å². The lowest BCUT2D eigenvalue weighted by Gasteiger charge is -2.34. The number of likely N-dealkylation sites (tertiary alicyclic amines) is 1. The van der Waals surface area contributed by atoms with Gasteiger partial charge in [0.25, 0.3) is 5.91 Å².